The lowest BCUT2D eigenvalue weighted by molar-refractivity contribution is 0.0665. The summed E-state index contributed by atoms with van der Waals surface area (Å²) in [5, 5.41) is 3.03. The fraction of sp³-hybridized carbons (Fsp3) is 0.625. The predicted molar refractivity (Wildman–Crippen MR) is 57.9 cm³/mol. The molecule has 2 heterocycles. The van der Waals surface area contributed by atoms with Crippen LogP contribution >= 0.6 is 15.9 Å². The van der Waals surface area contributed by atoms with Gasteiger partial charge in [0.25, 0.3) is 0 Å². The molecule has 0 bridgehead atoms. The summed E-state index contributed by atoms with van der Waals surface area (Å²) in [7, 11) is 0. The van der Waals surface area contributed by atoms with Gasteiger partial charge in [0.15, 0.2) is 0 Å². The van der Waals surface area contributed by atoms with Gasteiger partial charge in [0.05, 0.1) is 13.2 Å². The van der Waals surface area contributed by atoms with Crippen molar-refractivity contribution in [3.05, 3.63) is 10.8 Å². The average Bonchev–Trinajstić information content (AvgIpc) is 2.23. The molecule has 78 valence electrons. The lowest BCUT2D eigenvalue weighted by atomic mass is 10.3. The summed E-state index contributed by atoms with van der Waals surface area (Å²) in [6.45, 7) is 3.20. The van der Waals surface area contributed by atoms with Crippen LogP contribution in [0.15, 0.2) is 15.8 Å². The summed E-state index contributed by atoms with van der Waals surface area (Å²) in [6.07, 6.45) is 1.55. The maximum Gasteiger partial charge on any atom is 0.143 e. The summed E-state index contributed by atoms with van der Waals surface area (Å²) in [6, 6.07) is 0. The van der Waals surface area contributed by atoms with Crippen LogP contribution in [0.3, 0.4) is 0 Å². The molecule has 1 saturated heterocycles. The molecular weight excluding hydrogens is 248 g/mol. The average molecular weight is 261 g/mol. The Bertz CT molecular complexity index is 273. The predicted octanol–water partition coefficient (Wildman–Crippen LogP) is -0.201. The van der Waals surface area contributed by atoms with Crippen molar-refractivity contribution in [2.75, 3.05) is 26.3 Å². The highest BCUT2D eigenvalue weighted by atomic mass is 79.9. The molecule has 2 aliphatic rings. The van der Waals surface area contributed by atoms with Crippen molar-refractivity contribution in [2.45, 2.75) is 6.17 Å². The monoisotopic (exact) mass is 260 g/mol. The molecular formula is C8H13BrN4O. The van der Waals surface area contributed by atoms with E-state index in [1.165, 1.54) is 0 Å². The van der Waals surface area contributed by atoms with Gasteiger partial charge in [-0.25, -0.2) is 4.99 Å². The van der Waals surface area contributed by atoms with Crippen molar-refractivity contribution in [1.82, 2.24) is 10.2 Å². The van der Waals surface area contributed by atoms with E-state index in [0.29, 0.717) is 0 Å². The number of halogens is 1. The highest BCUT2D eigenvalue weighted by Gasteiger charge is 2.22. The summed E-state index contributed by atoms with van der Waals surface area (Å²) >= 11 is 3.32. The zero-order valence-corrected chi connectivity index (χ0v) is 9.33. The van der Waals surface area contributed by atoms with E-state index in [1.807, 2.05) is 0 Å². The maximum atomic E-state index is 5.88. The lowest BCUT2D eigenvalue weighted by Crippen LogP contribution is -2.54. The van der Waals surface area contributed by atoms with E-state index >= 15 is 0 Å². The zero-order valence-electron chi connectivity index (χ0n) is 7.74. The number of aliphatic imine (C=N–C) groups is 1. The first-order chi connectivity index (χ1) is 6.77. The minimum atomic E-state index is -0.214. The molecule has 2 rings (SSSR count). The first-order valence-corrected chi connectivity index (χ1v) is 5.35. The number of rotatable bonds is 0. The molecule has 2 aliphatic heterocycles. The van der Waals surface area contributed by atoms with Crippen molar-refractivity contribution in [1.29, 1.82) is 0 Å². The Balaban J connectivity index is 2.10. The Labute approximate surface area is 91.1 Å². The standard InChI is InChI=1S/C8H13BrN4O/c9-6-5-11-7(10)8(12-6)13-1-3-14-4-2-13/h5,7,11H,1-4,10H2. The SMILES string of the molecule is NC1NC=C(Br)N=C1N1CCOCC1. The fourth-order valence-corrected chi connectivity index (χ4v) is 1.82. The minimum Gasteiger partial charge on any atom is -0.378 e. The maximum absolute atomic E-state index is 5.88. The molecule has 0 radical (unpaired) electrons. The topological polar surface area (TPSA) is 62.9 Å². The molecule has 1 fully saturated rings. The third-order valence-corrected chi connectivity index (χ3v) is 2.62. The number of hydrogen-bond acceptors (Lipinski definition) is 5. The van der Waals surface area contributed by atoms with Crippen LogP contribution in [-0.2, 0) is 4.74 Å². The molecule has 1 atom stereocenters. The first-order valence-electron chi connectivity index (χ1n) is 4.56. The van der Waals surface area contributed by atoms with Gasteiger partial charge in [0, 0.05) is 19.3 Å². The van der Waals surface area contributed by atoms with Crippen LogP contribution in [0.2, 0.25) is 0 Å². The van der Waals surface area contributed by atoms with Crippen molar-refractivity contribution in [2.24, 2.45) is 10.7 Å². The fourth-order valence-electron chi connectivity index (χ4n) is 1.50. The third-order valence-electron chi connectivity index (χ3n) is 2.22. The summed E-state index contributed by atoms with van der Waals surface area (Å²) in [5.74, 6) is 0.877. The molecule has 0 amide bonds. The van der Waals surface area contributed by atoms with Gasteiger partial charge in [-0.2, -0.15) is 0 Å². The van der Waals surface area contributed by atoms with Gasteiger partial charge in [-0.3, -0.25) is 0 Å². The van der Waals surface area contributed by atoms with Crippen molar-refractivity contribution in [3.63, 3.8) is 0 Å². The van der Waals surface area contributed by atoms with Crippen molar-refractivity contribution >= 4 is 21.8 Å². The molecule has 0 saturated carbocycles. The second-order valence-electron chi connectivity index (χ2n) is 3.18. The van der Waals surface area contributed by atoms with Crippen LogP contribution < -0.4 is 11.1 Å². The van der Waals surface area contributed by atoms with Crippen LogP contribution in [0.5, 0.6) is 0 Å². The summed E-state index contributed by atoms with van der Waals surface area (Å²) in [5.41, 5.74) is 5.88. The Morgan fingerprint density at radius 1 is 1.57 bits per heavy atom. The highest BCUT2D eigenvalue weighted by molar-refractivity contribution is 9.11. The van der Waals surface area contributed by atoms with Gasteiger partial charge >= 0.3 is 0 Å². The Kier molecular flexibility index (Phi) is 3.05. The van der Waals surface area contributed by atoms with Gasteiger partial charge in [-0.1, -0.05) is 0 Å². The Morgan fingerprint density at radius 2 is 2.29 bits per heavy atom. The number of hydrogen-bond donors (Lipinski definition) is 2. The van der Waals surface area contributed by atoms with Crippen LogP contribution in [0, 0.1) is 0 Å². The van der Waals surface area contributed by atoms with E-state index in [4.69, 9.17) is 10.5 Å². The van der Waals surface area contributed by atoms with Gasteiger partial charge < -0.3 is 20.7 Å². The summed E-state index contributed by atoms with van der Waals surface area (Å²) in [4.78, 5) is 6.51. The normalized spacial score (nSPS) is 27.9. The second-order valence-corrected chi connectivity index (χ2v) is 3.99. The second kappa shape index (κ2) is 4.29. The molecule has 14 heavy (non-hydrogen) atoms. The number of ether oxygens (including phenoxy) is 1. The van der Waals surface area contributed by atoms with E-state index in [0.717, 1.165) is 36.7 Å². The van der Waals surface area contributed by atoms with Crippen molar-refractivity contribution < 1.29 is 4.74 Å². The van der Waals surface area contributed by atoms with Gasteiger partial charge in [-0.15, -0.1) is 0 Å². The molecule has 6 heteroatoms. The molecule has 1 unspecified atom stereocenters. The van der Waals surface area contributed by atoms with E-state index < -0.39 is 0 Å². The van der Waals surface area contributed by atoms with E-state index in [1.54, 1.807) is 6.20 Å². The van der Waals surface area contributed by atoms with Gasteiger partial charge in [-0.05, 0) is 15.9 Å². The number of nitrogens with one attached hydrogen (secondary N) is 1. The molecule has 0 aromatic rings. The van der Waals surface area contributed by atoms with Crippen LogP contribution in [0.4, 0.5) is 0 Å². The number of amidine groups is 1. The third kappa shape index (κ3) is 2.08. The Morgan fingerprint density at radius 3 is 3.00 bits per heavy atom. The van der Waals surface area contributed by atoms with E-state index in [-0.39, 0.29) is 6.17 Å². The largest absolute Gasteiger partial charge is 0.378 e. The molecule has 0 spiro atoms. The summed E-state index contributed by atoms with van der Waals surface area (Å²) < 4.78 is 6.05. The van der Waals surface area contributed by atoms with Crippen molar-refractivity contribution in [3.8, 4) is 0 Å². The van der Waals surface area contributed by atoms with Crippen LogP contribution in [-0.4, -0.2) is 43.2 Å². The zero-order chi connectivity index (χ0) is 9.97. The highest BCUT2D eigenvalue weighted by Crippen LogP contribution is 2.12. The molecule has 5 nitrogen and oxygen atoms in total. The number of morpholine rings is 1. The quantitative estimate of drug-likeness (QED) is 0.593. The van der Waals surface area contributed by atoms with Gasteiger partial charge in [0.2, 0.25) is 0 Å². The molecule has 0 aromatic heterocycles. The number of nitrogens with zero attached hydrogens (tertiary/aromatic N) is 2. The minimum absolute atomic E-state index is 0.214. The smallest absolute Gasteiger partial charge is 0.143 e. The number of nitrogens with two attached hydrogens (primary N) is 1. The van der Waals surface area contributed by atoms with E-state index in [2.05, 4.69) is 31.1 Å². The molecule has 0 aliphatic carbocycles. The first kappa shape index (κ1) is 9.95. The Hall–Kier alpha value is -0.590. The van der Waals surface area contributed by atoms with Crippen LogP contribution in [0.1, 0.15) is 0 Å². The van der Waals surface area contributed by atoms with E-state index in [9.17, 15) is 0 Å². The molecule has 3 N–H and O–H groups in total. The van der Waals surface area contributed by atoms with Crippen LogP contribution in [0.25, 0.3) is 0 Å². The lowest BCUT2D eigenvalue weighted by Gasteiger charge is -2.33. The molecule has 0 aromatic carbocycles. The van der Waals surface area contributed by atoms with Gasteiger partial charge in [0.1, 0.15) is 16.6 Å².